The van der Waals surface area contributed by atoms with E-state index in [1.807, 2.05) is 13.8 Å². The molecule has 2 N–H and O–H groups in total. The van der Waals surface area contributed by atoms with Gasteiger partial charge in [-0.05, 0) is 57.3 Å². The van der Waals surface area contributed by atoms with Crippen LogP contribution >= 0.6 is 0 Å². The third-order valence-electron chi connectivity index (χ3n) is 4.45. The molecular weight excluding hydrogens is 326 g/mol. The van der Waals surface area contributed by atoms with E-state index in [0.717, 1.165) is 31.9 Å². The number of carbonyl (C=O) groups is 1. The molecule has 0 radical (unpaired) electrons. The number of pyridine rings is 1. The minimum Gasteiger partial charge on any atom is -0.369 e. The maximum absolute atomic E-state index is 12.1. The number of hydrogen-bond acceptors (Lipinski definition) is 5. The first-order valence-corrected chi connectivity index (χ1v) is 9.09. The number of nitrogens with one attached hydrogen (secondary N) is 2. The van der Waals surface area contributed by atoms with Crippen molar-refractivity contribution in [3.8, 4) is 0 Å². The Bertz CT molecular complexity index is 736. The summed E-state index contributed by atoms with van der Waals surface area (Å²) in [5.41, 5.74) is 2.80. The monoisotopic (exact) mass is 353 g/mol. The summed E-state index contributed by atoms with van der Waals surface area (Å²) in [7, 11) is 2.16. The van der Waals surface area contributed by atoms with Crippen LogP contribution in [0, 0.1) is 0 Å². The number of hydrogen-bond donors (Lipinski definition) is 2. The van der Waals surface area contributed by atoms with Crippen molar-refractivity contribution in [2.45, 2.75) is 19.9 Å². The zero-order valence-corrected chi connectivity index (χ0v) is 15.7. The fourth-order valence-corrected chi connectivity index (χ4v) is 2.95. The lowest BCUT2D eigenvalue weighted by Gasteiger charge is -2.34. The van der Waals surface area contributed by atoms with Crippen molar-refractivity contribution in [1.82, 2.24) is 15.2 Å². The molecular formula is C20H27N5O. The van der Waals surface area contributed by atoms with Gasteiger partial charge in [0.15, 0.2) is 0 Å². The summed E-state index contributed by atoms with van der Waals surface area (Å²) in [6.07, 6.45) is 1.65. The van der Waals surface area contributed by atoms with Crippen molar-refractivity contribution in [3.63, 3.8) is 0 Å². The fourth-order valence-electron chi connectivity index (χ4n) is 2.95. The number of nitrogens with zero attached hydrogens (tertiary/aromatic N) is 3. The second-order valence-corrected chi connectivity index (χ2v) is 7.02. The molecule has 1 aliphatic rings. The lowest BCUT2D eigenvalue weighted by Crippen LogP contribution is -2.44. The Balaban J connectivity index is 1.65. The molecule has 6 heteroatoms. The molecule has 1 aromatic heterocycles. The summed E-state index contributed by atoms with van der Waals surface area (Å²) in [6, 6.07) is 12.0. The summed E-state index contributed by atoms with van der Waals surface area (Å²) in [6.45, 7) is 8.18. The Morgan fingerprint density at radius 1 is 1.08 bits per heavy atom. The Kier molecular flexibility index (Phi) is 5.73. The molecule has 2 heterocycles. The van der Waals surface area contributed by atoms with Crippen LogP contribution in [0.4, 0.5) is 17.2 Å². The average Bonchev–Trinajstić information content (AvgIpc) is 2.63. The van der Waals surface area contributed by atoms with Crippen LogP contribution in [-0.4, -0.2) is 55.1 Å². The maximum atomic E-state index is 12.1. The Labute approximate surface area is 155 Å². The normalized spacial score (nSPS) is 15.2. The summed E-state index contributed by atoms with van der Waals surface area (Å²) in [5, 5.41) is 6.17. The van der Waals surface area contributed by atoms with E-state index in [0.29, 0.717) is 11.4 Å². The van der Waals surface area contributed by atoms with Crippen LogP contribution in [0.3, 0.4) is 0 Å². The van der Waals surface area contributed by atoms with Crippen molar-refractivity contribution in [3.05, 3.63) is 48.2 Å². The molecule has 0 saturated carbocycles. The van der Waals surface area contributed by atoms with Crippen molar-refractivity contribution < 1.29 is 4.79 Å². The zero-order valence-electron chi connectivity index (χ0n) is 15.7. The van der Waals surface area contributed by atoms with Crippen LogP contribution in [0.5, 0.6) is 0 Å². The highest BCUT2D eigenvalue weighted by molar-refractivity contribution is 5.95. The summed E-state index contributed by atoms with van der Waals surface area (Å²) in [5.74, 6) is 0.574. The summed E-state index contributed by atoms with van der Waals surface area (Å²) < 4.78 is 0. The Hall–Kier alpha value is -2.60. The minimum absolute atomic E-state index is 0.0872. The molecule has 0 aliphatic carbocycles. The number of amides is 1. The minimum atomic E-state index is -0.0872. The van der Waals surface area contributed by atoms with Crippen LogP contribution in [0.25, 0.3) is 0 Å². The van der Waals surface area contributed by atoms with Crippen molar-refractivity contribution in [2.75, 3.05) is 43.4 Å². The second-order valence-electron chi connectivity index (χ2n) is 7.02. The molecule has 26 heavy (non-hydrogen) atoms. The Morgan fingerprint density at radius 2 is 1.77 bits per heavy atom. The molecule has 1 amide bonds. The van der Waals surface area contributed by atoms with Gasteiger partial charge in [-0.3, -0.25) is 4.79 Å². The fraction of sp³-hybridized carbons (Fsp3) is 0.400. The van der Waals surface area contributed by atoms with Gasteiger partial charge in [-0.25, -0.2) is 4.98 Å². The first kappa shape index (κ1) is 18.2. The molecule has 0 spiro atoms. The van der Waals surface area contributed by atoms with E-state index in [4.69, 9.17) is 0 Å². The number of rotatable bonds is 5. The second kappa shape index (κ2) is 8.19. The van der Waals surface area contributed by atoms with Gasteiger partial charge in [0.1, 0.15) is 5.82 Å². The van der Waals surface area contributed by atoms with Crippen molar-refractivity contribution >= 4 is 23.1 Å². The van der Waals surface area contributed by atoms with Gasteiger partial charge in [0, 0.05) is 55.4 Å². The molecule has 1 aromatic carbocycles. The number of anilines is 3. The SMILES string of the molecule is CC(C)NC(=O)c1ccnc(Nc2ccc(N3CCN(C)CC3)cc2)c1. The molecule has 0 bridgehead atoms. The number of likely N-dealkylation sites (N-methyl/N-ethyl adjacent to an activating group) is 1. The predicted octanol–water partition coefficient (Wildman–Crippen LogP) is 2.72. The Morgan fingerprint density at radius 3 is 2.42 bits per heavy atom. The molecule has 1 aliphatic heterocycles. The number of aromatic nitrogens is 1. The quantitative estimate of drug-likeness (QED) is 0.865. The zero-order chi connectivity index (χ0) is 18.5. The van der Waals surface area contributed by atoms with Gasteiger partial charge in [-0.2, -0.15) is 0 Å². The van der Waals surface area contributed by atoms with E-state index >= 15 is 0 Å². The van der Waals surface area contributed by atoms with E-state index in [1.165, 1.54) is 5.69 Å². The largest absolute Gasteiger partial charge is 0.369 e. The first-order chi connectivity index (χ1) is 12.5. The number of carbonyl (C=O) groups excluding carboxylic acids is 1. The molecule has 2 aromatic rings. The molecule has 6 nitrogen and oxygen atoms in total. The molecule has 3 rings (SSSR count). The van der Waals surface area contributed by atoms with E-state index in [1.54, 1.807) is 18.3 Å². The highest BCUT2D eigenvalue weighted by Gasteiger charge is 2.14. The smallest absolute Gasteiger partial charge is 0.251 e. The van der Waals surface area contributed by atoms with Crippen LogP contribution in [0.2, 0.25) is 0 Å². The van der Waals surface area contributed by atoms with Crippen molar-refractivity contribution in [1.29, 1.82) is 0 Å². The van der Waals surface area contributed by atoms with Crippen LogP contribution < -0.4 is 15.5 Å². The number of benzene rings is 1. The van der Waals surface area contributed by atoms with Gasteiger partial charge in [0.05, 0.1) is 0 Å². The van der Waals surface area contributed by atoms with Crippen LogP contribution in [-0.2, 0) is 0 Å². The van der Waals surface area contributed by atoms with Gasteiger partial charge >= 0.3 is 0 Å². The third-order valence-corrected chi connectivity index (χ3v) is 4.45. The highest BCUT2D eigenvalue weighted by Crippen LogP contribution is 2.21. The van der Waals surface area contributed by atoms with Crippen LogP contribution in [0.15, 0.2) is 42.6 Å². The van der Waals surface area contributed by atoms with E-state index in [9.17, 15) is 4.79 Å². The van der Waals surface area contributed by atoms with Gasteiger partial charge in [-0.1, -0.05) is 0 Å². The number of piperazine rings is 1. The highest BCUT2D eigenvalue weighted by atomic mass is 16.1. The maximum Gasteiger partial charge on any atom is 0.251 e. The lowest BCUT2D eigenvalue weighted by atomic mass is 10.2. The standard InChI is InChI=1S/C20H27N5O/c1-15(2)22-20(26)16-8-9-21-19(14-16)23-17-4-6-18(7-5-17)25-12-10-24(3)11-13-25/h4-9,14-15H,10-13H2,1-3H3,(H,21,23)(H,22,26). The van der Waals surface area contributed by atoms with Crippen LogP contribution in [0.1, 0.15) is 24.2 Å². The predicted molar refractivity (Wildman–Crippen MR) is 106 cm³/mol. The van der Waals surface area contributed by atoms with Gasteiger partial charge in [-0.15, -0.1) is 0 Å². The molecule has 1 fully saturated rings. The topological polar surface area (TPSA) is 60.5 Å². The molecule has 138 valence electrons. The summed E-state index contributed by atoms with van der Waals surface area (Å²) >= 11 is 0. The first-order valence-electron chi connectivity index (χ1n) is 9.09. The van der Waals surface area contributed by atoms with Gasteiger partial charge in [0.2, 0.25) is 0 Å². The van der Waals surface area contributed by atoms with Gasteiger partial charge in [0.25, 0.3) is 5.91 Å². The molecule has 0 atom stereocenters. The molecule has 1 saturated heterocycles. The molecule has 0 unspecified atom stereocenters. The van der Waals surface area contributed by atoms with E-state index < -0.39 is 0 Å². The average molecular weight is 353 g/mol. The summed E-state index contributed by atoms with van der Waals surface area (Å²) in [4.78, 5) is 21.2. The third kappa shape index (κ3) is 4.73. The van der Waals surface area contributed by atoms with E-state index in [2.05, 4.69) is 56.7 Å². The van der Waals surface area contributed by atoms with E-state index in [-0.39, 0.29) is 11.9 Å². The van der Waals surface area contributed by atoms with Gasteiger partial charge < -0.3 is 20.4 Å². The lowest BCUT2D eigenvalue weighted by molar-refractivity contribution is 0.0943. The van der Waals surface area contributed by atoms with Crippen molar-refractivity contribution in [2.24, 2.45) is 0 Å².